The molecule has 0 aromatic heterocycles. The molecule has 1 rings (SSSR count). The van der Waals surface area contributed by atoms with Gasteiger partial charge >= 0.3 is 0 Å². The molecule has 1 nitrogen and oxygen atoms in total. The molecule has 72 valence electrons. The Balaban J connectivity index is 2.88. The molecular formula is C9H11ClFNS. The summed E-state index contributed by atoms with van der Waals surface area (Å²) < 4.78 is 12.9. The number of hydrogen-bond acceptors (Lipinski definition) is 2. The molecule has 0 amide bonds. The number of anilines is 1. The molecule has 0 bridgehead atoms. The van der Waals surface area contributed by atoms with Crippen molar-refractivity contribution in [3.05, 3.63) is 23.0 Å². The Hall–Kier alpha value is -0.410. The second-order valence-electron chi connectivity index (χ2n) is 2.65. The number of nitrogens with two attached hydrogens (primary N) is 1. The molecule has 0 fully saturated rings. The minimum Gasteiger partial charge on any atom is -0.398 e. The lowest BCUT2D eigenvalue weighted by Crippen LogP contribution is -1.91. The second-order valence-corrected chi connectivity index (χ2v) is 4.20. The van der Waals surface area contributed by atoms with Crippen molar-refractivity contribution < 1.29 is 4.39 Å². The Labute approximate surface area is 86.5 Å². The summed E-state index contributed by atoms with van der Waals surface area (Å²) in [6.07, 6.45) is 1.05. The third-order valence-electron chi connectivity index (χ3n) is 1.51. The first-order valence-corrected chi connectivity index (χ1v) is 5.38. The molecule has 0 saturated heterocycles. The van der Waals surface area contributed by atoms with E-state index in [9.17, 15) is 4.39 Å². The normalized spacial score (nSPS) is 10.4. The van der Waals surface area contributed by atoms with Gasteiger partial charge in [-0.1, -0.05) is 18.5 Å². The van der Waals surface area contributed by atoms with Gasteiger partial charge in [-0.25, -0.2) is 4.39 Å². The second kappa shape index (κ2) is 4.72. The topological polar surface area (TPSA) is 26.0 Å². The predicted octanol–water partition coefficient (Wildman–Crippen LogP) is 3.56. The highest BCUT2D eigenvalue weighted by molar-refractivity contribution is 7.99. The van der Waals surface area contributed by atoms with E-state index in [0.717, 1.165) is 17.1 Å². The summed E-state index contributed by atoms with van der Waals surface area (Å²) in [6, 6.07) is 2.84. The summed E-state index contributed by atoms with van der Waals surface area (Å²) in [5.41, 5.74) is 6.07. The van der Waals surface area contributed by atoms with Gasteiger partial charge in [0.05, 0.1) is 5.02 Å². The van der Waals surface area contributed by atoms with Gasteiger partial charge in [0.1, 0.15) is 5.82 Å². The highest BCUT2D eigenvalue weighted by Crippen LogP contribution is 2.30. The zero-order chi connectivity index (χ0) is 9.84. The number of nitrogen functional groups attached to an aromatic ring is 1. The zero-order valence-electron chi connectivity index (χ0n) is 7.31. The molecule has 13 heavy (non-hydrogen) atoms. The molecule has 1 aromatic carbocycles. The van der Waals surface area contributed by atoms with Gasteiger partial charge < -0.3 is 5.73 Å². The first-order valence-electron chi connectivity index (χ1n) is 4.02. The fraction of sp³-hybridized carbons (Fsp3) is 0.333. The van der Waals surface area contributed by atoms with Gasteiger partial charge in [-0.3, -0.25) is 0 Å². The fourth-order valence-corrected chi connectivity index (χ4v) is 1.96. The van der Waals surface area contributed by atoms with Crippen LogP contribution in [0.1, 0.15) is 13.3 Å². The third kappa shape index (κ3) is 2.78. The van der Waals surface area contributed by atoms with Crippen LogP contribution in [0.2, 0.25) is 5.02 Å². The lowest BCUT2D eigenvalue weighted by molar-refractivity contribution is 0.628. The lowest BCUT2D eigenvalue weighted by Gasteiger charge is -2.05. The SMILES string of the molecule is CCCSc1cc(Cl)c(F)cc1N. The van der Waals surface area contributed by atoms with Crippen molar-refractivity contribution in [2.75, 3.05) is 11.5 Å². The summed E-state index contributed by atoms with van der Waals surface area (Å²) in [5.74, 6) is 0.506. The van der Waals surface area contributed by atoms with Crippen molar-refractivity contribution in [1.29, 1.82) is 0 Å². The van der Waals surface area contributed by atoms with Crippen molar-refractivity contribution in [1.82, 2.24) is 0 Å². The van der Waals surface area contributed by atoms with E-state index >= 15 is 0 Å². The summed E-state index contributed by atoms with van der Waals surface area (Å²) in [4.78, 5) is 0.855. The first kappa shape index (κ1) is 10.7. The van der Waals surface area contributed by atoms with E-state index in [0.29, 0.717) is 5.69 Å². The van der Waals surface area contributed by atoms with Gasteiger partial charge in [0, 0.05) is 10.6 Å². The Morgan fingerprint density at radius 1 is 1.54 bits per heavy atom. The summed E-state index contributed by atoms with van der Waals surface area (Å²) >= 11 is 7.21. The van der Waals surface area contributed by atoms with E-state index in [1.807, 2.05) is 0 Å². The molecule has 4 heteroatoms. The van der Waals surface area contributed by atoms with Crippen LogP contribution in [0.4, 0.5) is 10.1 Å². The van der Waals surface area contributed by atoms with E-state index in [1.54, 1.807) is 17.8 Å². The molecule has 1 aromatic rings. The Kier molecular flexibility index (Phi) is 3.88. The van der Waals surface area contributed by atoms with Crippen LogP contribution in [0.3, 0.4) is 0 Å². The van der Waals surface area contributed by atoms with Crippen LogP contribution >= 0.6 is 23.4 Å². The van der Waals surface area contributed by atoms with Crippen LogP contribution in [-0.2, 0) is 0 Å². The summed E-state index contributed by atoms with van der Waals surface area (Å²) in [7, 11) is 0. The van der Waals surface area contributed by atoms with Crippen LogP contribution in [0.15, 0.2) is 17.0 Å². The Morgan fingerprint density at radius 2 is 2.23 bits per heavy atom. The highest BCUT2D eigenvalue weighted by atomic mass is 35.5. The largest absolute Gasteiger partial charge is 0.398 e. The van der Waals surface area contributed by atoms with Crippen LogP contribution in [-0.4, -0.2) is 5.75 Å². The maximum absolute atomic E-state index is 12.9. The minimum absolute atomic E-state index is 0.132. The molecule has 0 aliphatic carbocycles. The van der Waals surface area contributed by atoms with Gasteiger partial charge in [-0.05, 0) is 24.3 Å². The molecular weight excluding hydrogens is 209 g/mol. The third-order valence-corrected chi connectivity index (χ3v) is 3.08. The maximum Gasteiger partial charge on any atom is 0.143 e. The molecule has 0 radical (unpaired) electrons. The van der Waals surface area contributed by atoms with Gasteiger partial charge in [0.25, 0.3) is 0 Å². The van der Waals surface area contributed by atoms with Crippen molar-refractivity contribution >= 4 is 29.1 Å². The van der Waals surface area contributed by atoms with E-state index in [2.05, 4.69) is 6.92 Å². The maximum atomic E-state index is 12.9. The average Bonchev–Trinajstić information content (AvgIpc) is 2.09. The number of rotatable bonds is 3. The molecule has 0 aliphatic heterocycles. The van der Waals surface area contributed by atoms with Crippen molar-refractivity contribution in [3.8, 4) is 0 Å². The molecule has 2 N–H and O–H groups in total. The van der Waals surface area contributed by atoms with Gasteiger partial charge in [-0.2, -0.15) is 0 Å². The smallest absolute Gasteiger partial charge is 0.143 e. The predicted molar refractivity (Wildman–Crippen MR) is 56.8 cm³/mol. The summed E-state index contributed by atoms with van der Waals surface area (Å²) in [6.45, 7) is 2.08. The number of thioether (sulfide) groups is 1. The fourth-order valence-electron chi connectivity index (χ4n) is 0.881. The Bertz CT molecular complexity index is 304. The standard InChI is InChI=1S/C9H11ClFNS/c1-2-3-13-9-4-6(10)7(11)5-8(9)12/h4-5H,2-3,12H2,1H3. The quantitative estimate of drug-likeness (QED) is 0.622. The van der Waals surface area contributed by atoms with Crippen LogP contribution in [0.5, 0.6) is 0 Å². The van der Waals surface area contributed by atoms with Gasteiger partial charge in [0.15, 0.2) is 0 Å². The number of halogens is 2. The summed E-state index contributed by atoms with van der Waals surface area (Å²) in [5, 5.41) is 0.132. The van der Waals surface area contributed by atoms with Gasteiger partial charge in [-0.15, -0.1) is 11.8 Å². The van der Waals surface area contributed by atoms with E-state index in [4.69, 9.17) is 17.3 Å². The van der Waals surface area contributed by atoms with Gasteiger partial charge in [0.2, 0.25) is 0 Å². The molecule has 0 saturated carbocycles. The van der Waals surface area contributed by atoms with E-state index in [-0.39, 0.29) is 5.02 Å². The zero-order valence-corrected chi connectivity index (χ0v) is 8.88. The van der Waals surface area contributed by atoms with E-state index in [1.165, 1.54) is 6.07 Å². The monoisotopic (exact) mass is 219 g/mol. The highest BCUT2D eigenvalue weighted by Gasteiger charge is 2.05. The van der Waals surface area contributed by atoms with Crippen molar-refractivity contribution in [3.63, 3.8) is 0 Å². The average molecular weight is 220 g/mol. The number of hydrogen-bond donors (Lipinski definition) is 1. The molecule has 0 heterocycles. The van der Waals surface area contributed by atoms with Crippen LogP contribution in [0.25, 0.3) is 0 Å². The van der Waals surface area contributed by atoms with Crippen molar-refractivity contribution in [2.45, 2.75) is 18.2 Å². The lowest BCUT2D eigenvalue weighted by atomic mass is 10.3. The van der Waals surface area contributed by atoms with E-state index < -0.39 is 5.82 Å². The Morgan fingerprint density at radius 3 is 2.85 bits per heavy atom. The van der Waals surface area contributed by atoms with Crippen molar-refractivity contribution in [2.24, 2.45) is 0 Å². The van der Waals surface area contributed by atoms with Crippen LogP contribution in [0, 0.1) is 5.82 Å². The first-order chi connectivity index (χ1) is 6.15. The molecule has 0 atom stereocenters. The molecule has 0 unspecified atom stereocenters. The minimum atomic E-state index is -0.458. The number of benzene rings is 1. The molecule has 0 spiro atoms. The molecule has 0 aliphatic rings. The van der Waals surface area contributed by atoms with Crippen LogP contribution < -0.4 is 5.73 Å².